The Labute approximate surface area is 146 Å². The van der Waals surface area contributed by atoms with Crippen molar-refractivity contribution >= 4 is 18.3 Å². The molecule has 0 atom stereocenters. The molecule has 1 aromatic carbocycles. The number of rotatable bonds is 2. The van der Waals surface area contributed by atoms with Gasteiger partial charge in [0.2, 0.25) is 5.91 Å². The van der Waals surface area contributed by atoms with E-state index >= 15 is 0 Å². The number of nitrogens with zero attached hydrogens (tertiary/aromatic N) is 1. The Morgan fingerprint density at radius 1 is 1.09 bits per heavy atom. The van der Waals surface area contributed by atoms with Gasteiger partial charge < -0.3 is 10.2 Å². The average molecular weight is 337 g/mol. The van der Waals surface area contributed by atoms with Gasteiger partial charge in [0.05, 0.1) is 5.41 Å². The maximum atomic E-state index is 13.4. The minimum atomic E-state index is -0.269. The van der Waals surface area contributed by atoms with E-state index in [1.807, 2.05) is 0 Å². The Kier molecular flexibility index (Phi) is 6.49. The van der Waals surface area contributed by atoms with Crippen molar-refractivity contribution in [3.05, 3.63) is 35.4 Å². The number of benzene rings is 1. The van der Waals surface area contributed by atoms with Gasteiger partial charge in [-0.05, 0) is 38.3 Å². The highest BCUT2D eigenvalue weighted by molar-refractivity contribution is 5.88. The van der Waals surface area contributed by atoms with E-state index in [0.717, 1.165) is 45.4 Å². The molecule has 1 aliphatic heterocycles. The minimum Gasteiger partial charge on any atom is -0.341 e. The molecule has 1 heterocycles. The van der Waals surface area contributed by atoms with Crippen LogP contribution in [0.4, 0.5) is 0 Å². The molecule has 0 radical (unpaired) electrons. The molecular weight excluding hydrogens is 308 g/mol. The summed E-state index contributed by atoms with van der Waals surface area (Å²) in [5, 5.41) is 3.40. The topological polar surface area (TPSA) is 32.3 Å². The molecule has 1 aliphatic carbocycles. The van der Waals surface area contributed by atoms with E-state index in [2.05, 4.69) is 41.4 Å². The van der Waals surface area contributed by atoms with Gasteiger partial charge in [0.25, 0.3) is 0 Å². The molecule has 2 fully saturated rings. The first-order valence-electron chi connectivity index (χ1n) is 8.80. The average Bonchev–Trinajstić information content (AvgIpc) is 2.84. The molecule has 23 heavy (non-hydrogen) atoms. The van der Waals surface area contributed by atoms with Crippen LogP contribution in [-0.4, -0.2) is 37.0 Å². The second-order valence-corrected chi connectivity index (χ2v) is 6.91. The van der Waals surface area contributed by atoms with Crippen LogP contribution in [0.2, 0.25) is 0 Å². The number of nitrogens with one attached hydrogen (secondary N) is 1. The fraction of sp³-hybridized carbons (Fsp3) is 0.632. The van der Waals surface area contributed by atoms with Crippen LogP contribution in [0.3, 0.4) is 0 Å². The van der Waals surface area contributed by atoms with Crippen LogP contribution in [0.5, 0.6) is 0 Å². The molecule has 0 aromatic heterocycles. The number of carbonyl (C=O) groups excluding carboxylic acids is 1. The van der Waals surface area contributed by atoms with Crippen LogP contribution in [0, 0.1) is 6.92 Å². The summed E-state index contributed by atoms with van der Waals surface area (Å²) in [6, 6.07) is 8.64. The van der Waals surface area contributed by atoms with Crippen LogP contribution in [0.15, 0.2) is 24.3 Å². The van der Waals surface area contributed by atoms with Gasteiger partial charge in [-0.2, -0.15) is 0 Å². The smallest absolute Gasteiger partial charge is 0.233 e. The Balaban J connectivity index is 0.00000192. The van der Waals surface area contributed by atoms with Crippen LogP contribution in [-0.2, 0) is 10.2 Å². The maximum absolute atomic E-state index is 13.4. The molecule has 1 saturated carbocycles. The van der Waals surface area contributed by atoms with Crippen molar-refractivity contribution in [3.63, 3.8) is 0 Å². The van der Waals surface area contributed by atoms with Crippen molar-refractivity contribution in [2.75, 3.05) is 26.2 Å². The number of hydrogen-bond acceptors (Lipinski definition) is 2. The SMILES string of the molecule is Cc1cccc(C2(C(=O)N3CCCNCC3)CCCCC2)c1.Cl. The van der Waals surface area contributed by atoms with E-state index in [1.54, 1.807) is 0 Å². The fourth-order valence-electron chi connectivity index (χ4n) is 4.08. The highest BCUT2D eigenvalue weighted by Gasteiger charge is 2.43. The summed E-state index contributed by atoms with van der Waals surface area (Å²) in [7, 11) is 0. The van der Waals surface area contributed by atoms with Crippen molar-refractivity contribution in [1.29, 1.82) is 0 Å². The lowest BCUT2D eigenvalue weighted by Gasteiger charge is -2.40. The lowest BCUT2D eigenvalue weighted by atomic mass is 9.68. The molecule has 3 nitrogen and oxygen atoms in total. The summed E-state index contributed by atoms with van der Waals surface area (Å²) < 4.78 is 0. The van der Waals surface area contributed by atoms with E-state index < -0.39 is 0 Å². The molecule has 128 valence electrons. The van der Waals surface area contributed by atoms with Crippen molar-refractivity contribution < 1.29 is 4.79 Å². The number of halogens is 1. The number of carbonyl (C=O) groups is 1. The molecule has 1 saturated heterocycles. The van der Waals surface area contributed by atoms with Gasteiger partial charge in [0, 0.05) is 19.6 Å². The third-order valence-electron chi connectivity index (χ3n) is 5.31. The van der Waals surface area contributed by atoms with Crippen LogP contribution < -0.4 is 5.32 Å². The highest BCUT2D eigenvalue weighted by Crippen LogP contribution is 2.41. The largest absolute Gasteiger partial charge is 0.341 e. The van der Waals surface area contributed by atoms with Crippen molar-refractivity contribution in [2.24, 2.45) is 0 Å². The van der Waals surface area contributed by atoms with E-state index in [0.29, 0.717) is 5.91 Å². The Morgan fingerprint density at radius 2 is 1.87 bits per heavy atom. The summed E-state index contributed by atoms with van der Waals surface area (Å²) in [6.45, 7) is 5.84. The number of amides is 1. The highest BCUT2D eigenvalue weighted by atomic mass is 35.5. The van der Waals surface area contributed by atoms with Gasteiger partial charge in [-0.1, -0.05) is 49.1 Å². The normalized spacial score (nSPS) is 21.2. The lowest BCUT2D eigenvalue weighted by Crippen LogP contribution is -2.49. The van der Waals surface area contributed by atoms with E-state index in [-0.39, 0.29) is 17.8 Å². The van der Waals surface area contributed by atoms with Crippen molar-refractivity contribution in [1.82, 2.24) is 10.2 Å². The van der Waals surface area contributed by atoms with Gasteiger partial charge >= 0.3 is 0 Å². The molecule has 1 amide bonds. The first kappa shape index (κ1) is 18.3. The van der Waals surface area contributed by atoms with E-state index in [9.17, 15) is 4.79 Å². The Morgan fingerprint density at radius 3 is 2.61 bits per heavy atom. The Hall–Kier alpha value is -1.06. The quantitative estimate of drug-likeness (QED) is 0.897. The molecule has 1 N–H and O–H groups in total. The summed E-state index contributed by atoms with van der Waals surface area (Å²) >= 11 is 0. The predicted molar refractivity (Wildman–Crippen MR) is 97.3 cm³/mol. The van der Waals surface area contributed by atoms with Gasteiger partial charge in [0.15, 0.2) is 0 Å². The summed E-state index contributed by atoms with van der Waals surface area (Å²) in [4.78, 5) is 15.6. The molecule has 2 aliphatic rings. The monoisotopic (exact) mass is 336 g/mol. The van der Waals surface area contributed by atoms with Gasteiger partial charge in [-0.3, -0.25) is 4.79 Å². The Bertz CT molecular complexity index is 518. The maximum Gasteiger partial charge on any atom is 0.233 e. The number of hydrogen-bond donors (Lipinski definition) is 1. The standard InChI is InChI=1S/C19H28N2O.ClH/c1-16-7-5-8-17(15-16)19(9-3-2-4-10-19)18(22)21-13-6-11-20-12-14-21;/h5,7-8,15,20H,2-4,6,9-14H2,1H3;1H. The molecular formula is C19H29ClN2O. The summed E-state index contributed by atoms with van der Waals surface area (Å²) in [5.41, 5.74) is 2.23. The van der Waals surface area contributed by atoms with Crippen molar-refractivity contribution in [3.8, 4) is 0 Å². The van der Waals surface area contributed by atoms with Gasteiger partial charge in [-0.15, -0.1) is 12.4 Å². The third kappa shape index (κ3) is 3.89. The molecule has 0 spiro atoms. The summed E-state index contributed by atoms with van der Waals surface area (Å²) in [5.74, 6) is 0.376. The fourth-order valence-corrected chi connectivity index (χ4v) is 4.08. The minimum absolute atomic E-state index is 0. The first-order chi connectivity index (χ1) is 10.7. The predicted octanol–water partition coefficient (Wildman–Crippen LogP) is 3.44. The zero-order valence-electron chi connectivity index (χ0n) is 14.1. The van der Waals surface area contributed by atoms with Gasteiger partial charge in [0.1, 0.15) is 0 Å². The van der Waals surface area contributed by atoms with Crippen LogP contribution in [0.1, 0.15) is 49.7 Å². The third-order valence-corrected chi connectivity index (χ3v) is 5.31. The molecule has 0 bridgehead atoms. The van der Waals surface area contributed by atoms with E-state index in [1.165, 1.54) is 30.4 Å². The van der Waals surface area contributed by atoms with Crippen molar-refractivity contribution in [2.45, 2.75) is 50.9 Å². The zero-order chi connectivity index (χ0) is 15.4. The molecule has 4 heteroatoms. The van der Waals surface area contributed by atoms with Gasteiger partial charge in [-0.25, -0.2) is 0 Å². The van der Waals surface area contributed by atoms with E-state index in [4.69, 9.17) is 0 Å². The first-order valence-corrected chi connectivity index (χ1v) is 8.80. The molecule has 1 aromatic rings. The second-order valence-electron chi connectivity index (χ2n) is 6.91. The zero-order valence-corrected chi connectivity index (χ0v) is 15.0. The van der Waals surface area contributed by atoms with Crippen LogP contribution >= 0.6 is 12.4 Å². The molecule has 3 rings (SSSR count). The summed E-state index contributed by atoms with van der Waals surface area (Å²) in [6.07, 6.45) is 6.70. The lowest BCUT2D eigenvalue weighted by molar-refractivity contribution is -0.138. The van der Waals surface area contributed by atoms with Crippen LogP contribution in [0.25, 0.3) is 0 Å². The second kappa shape index (κ2) is 8.16. The molecule has 0 unspecified atom stereocenters. The number of aryl methyl sites for hydroxylation is 1.